The van der Waals surface area contributed by atoms with E-state index in [0.29, 0.717) is 5.06 Å². The van der Waals surface area contributed by atoms with Crippen molar-refractivity contribution >= 4 is 5.84 Å². The van der Waals surface area contributed by atoms with Crippen LogP contribution >= 0.6 is 0 Å². The Hall–Kier alpha value is -0.710. The van der Waals surface area contributed by atoms with Crippen molar-refractivity contribution in [2.75, 3.05) is 6.54 Å². The summed E-state index contributed by atoms with van der Waals surface area (Å²) in [4.78, 5) is 0. The molecule has 1 heterocycles. The topological polar surface area (TPSA) is 47.3 Å². The van der Waals surface area contributed by atoms with Gasteiger partial charge in [-0.1, -0.05) is 13.8 Å². The number of amidine groups is 1. The molecule has 0 aromatic rings. The Morgan fingerprint density at radius 1 is 1.54 bits per heavy atom. The van der Waals surface area contributed by atoms with Crippen LogP contribution in [0.1, 0.15) is 20.3 Å². The number of hydrogen-bond acceptors (Lipinski definition) is 2. The molecule has 2 N–H and O–H groups in total. The van der Waals surface area contributed by atoms with Gasteiger partial charge in [0.25, 0.3) is 0 Å². The largest absolute Gasteiger partial charge is 0.287 e. The Bertz CT molecular complexity index is 210. The molecule has 0 aromatic carbocycles. The zero-order valence-corrected chi connectivity index (χ0v) is 7.72. The van der Waals surface area contributed by atoms with Gasteiger partial charge < -0.3 is 0 Å². The lowest BCUT2D eigenvalue weighted by molar-refractivity contribution is -0.0827. The maximum absolute atomic E-state index is 12.8. The molecule has 5 heteroatoms. The average molecular weight is 192 g/mol. The number of alkyl halides is 2. The number of nitrogens with zero attached hydrogens (tertiary/aromatic N) is 1. The molecule has 0 amide bonds. The molecule has 1 atom stereocenters. The van der Waals surface area contributed by atoms with Crippen LogP contribution in [0, 0.1) is 16.7 Å². The zero-order chi connectivity index (χ0) is 10.2. The van der Waals surface area contributed by atoms with Crippen molar-refractivity contribution in [1.82, 2.24) is 5.06 Å². The maximum Gasteiger partial charge on any atom is 0.246 e. The fraction of sp³-hybridized carbons (Fsp3) is 0.875. The van der Waals surface area contributed by atoms with Crippen LogP contribution in [0.5, 0.6) is 0 Å². The summed E-state index contributed by atoms with van der Waals surface area (Å²) in [6.45, 7) is 3.25. The van der Waals surface area contributed by atoms with Crippen molar-refractivity contribution in [2.24, 2.45) is 11.3 Å². The van der Waals surface area contributed by atoms with Gasteiger partial charge in [-0.2, -0.15) is 0 Å². The molecule has 13 heavy (non-hydrogen) atoms. The molecule has 1 fully saturated rings. The monoisotopic (exact) mass is 192 g/mol. The Morgan fingerprint density at radius 2 is 2.08 bits per heavy atom. The van der Waals surface area contributed by atoms with Gasteiger partial charge in [0.1, 0.15) is 5.84 Å². The lowest BCUT2D eigenvalue weighted by Gasteiger charge is -2.30. The van der Waals surface area contributed by atoms with Crippen LogP contribution in [0.3, 0.4) is 0 Å². The summed E-state index contributed by atoms with van der Waals surface area (Å²) >= 11 is 0. The van der Waals surface area contributed by atoms with Gasteiger partial charge >= 0.3 is 0 Å². The highest BCUT2D eigenvalue weighted by atomic mass is 19.3. The molecule has 0 radical (unpaired) electrons. The first-order valence-electron chi connectivity index (χ1n) is 4.22. The predicted octanol–water partition coefficient (Wildman–Crippen LogP) is 1.97. The molecule has 0 bridgehead atoms. The first kappa shape index (κ1) is 10.4. The SMILES string of the molecule is CC(C)C1(C(F)F)CC(=N)N(O)C1. The highest BCUT2D eigenvalue weighted by molar-refractivity contribution is 5.81. The third-order valence-corrected chi connectivity index (χ3v) is 2.84. The van der Waals surface area contributed by atoms with E-state index in [0.717, 1.165) is 0 Å². The van der Waals surface area contributed by atoms with Crippen LogP contribution in [-0.4, -0.2) is 29.1 Å². The number of nitrogens with one attached hydrogen (secondary N) is 1. The van der Waals surface area contributed by atoms with E-state index in [9.17, 15) is 8.78 Å². The molecule has 3 nitrogen and oxygen atoms in total. The normalized spacial score (nSPS) is 29.5. The minimum absolute atomic E-state index is 0.0428. The van der Waals surface area contributed by atoms with Crippen molar-refractivity contribution < 1.29 is 14.0 Å². The van der Waals surface area contributed by atoms with Crippen molar-refractivity contribution in [3.05, 3.63) is 0 Å². The number of rotatable bonds is 2. The van der Waals surface area contributed by atoms with Crippen LogP contribution in [0.2, 0.25) is 0 Å². The third kappa shape index (κ3) is 1.52. The fourth-order valence-electron chi connectivity index (χ4n) is 1.62. The lowest BCUT2D eigenvalue weighted by atomic mass is 9.76. The van der Waals surface area contributed by atoms with E-state index in [-0.39, 0.29) is 24.7 Å². The fourth-order valence-corrected chi connectivity index (χ4v) is 1.62. The average Bonchev–Trinajstić information content (AvgIpc) is 2.29. The summed E-state index contributed by atoms with van der Waals surface area (Å²) in [7, 11) is 0. The zero-order valence-electron chi connectivity index (χ0n) is 7.72. The first-order chi connectivity index (χ1) is 5.90. The van der Waals surface area contributed by atoms with Crippen molar-refractivity contribution in [3.63, 3.8) is 0 Å². The molecule has 1 rings (SSSR count). The molecule has 0 saturated carbocycles. The molecule has 0 aliphatic carbocycles. The summed E-state index contributed by atoms with van der Waals surface area (Å²) in [6.07, 6.45) is -2.54. The van der Waals surface area contributed by atoms with Crippen molar-refractivity contribution in [2.45, 2.75) is 26.7 Å². The van der Waals surface area contributed by atoms with E-state index < -0.39 is 11.8 Å². The molecule has 1 saturated heterocycles. The summed E-state index contributed by atoms with van der Waals surface area (Å²) in [5, 5.41) is 17.0. The second-order valence-corrected chi connectivity index (χ2v) is 3.87. The van der Waals surface area contributed by atoms with Crippen LogP contribution in [0.4, 0.5) is 8.78 Å². The number of halogens is 2. The summed E-state index contributed by atoms with van der Waals surface area (Å²) < 4.78 is 25.5. The number of hydroxylamine groups is 2. The Labute approximate surface area is 75.8 Å². The van der Waals surface area contributed by atoms with Gasteiger partial charge in [-0.15, -0.1) is 0 Å². The molecular weight excluding hydrogens is 178 g/mol. The highest BCUT2D eigenvalue weighted by Gasteiger charge is 2.50. The van der Waals surface area contributed by atoms with Gasteiger partial charge in [-0.25, -0.2) is 13.8 Å². The van der Waals surface area contributed by atoms with Crippen LogP contribution in [0.25, 0.3) is 0 Å². The van der Waals surface area contributed by atoms with Crippen molar-refractivity contribution in [1.29, 1.82) is 5.41 Å². The van der Waals surface area contributed by atoms with Crippen molar-refractivity contribution in [3.8, 4) is 0 Å². The minimum atomic E-state index is -2.50. The third-order valence-electron chi connectivity index (χ3n) is 2.84. The molecule has 0 aromatic heterocycles. The Kier molecular flexibility index (Phi) is 2.56. The summed E-state index contributed by atoms with van der Waals surface area (Å²) in [5.41, 5.74) is -1.24. The van der Waals surface area contributed by atoms with E-state index in [1.807, 2.05) is 0 Å². The van der Waals surface area contributed by atoms with E-state index in [4.69, 9.17) is 10.6 Å². The van der Waals surface area contributed by atoms with E-state index in [1.54, 1.807) is 13.8 Å². The second kappa shape index (κ2) is 3.21. The van der Waals surface area contributed by atoms with Gasteiger partial charge in [0.05, 0.1) is 12.0 Å². The molecule has 1 unspecified atom stereocenters. The van der Waals surface area contributed by atoms with E-state index >= 15 is 0 Å². The van der Waals surface area contributed by atoms with E-state index in [2.05, 4.69) is 0 Å². The van der Waals surface area contributed by atoms with Crippen LogP contribution in [0.15, 0.2) is 0 Å². The predicted molar refractivity (Wildman–Crippen MR) is 44.1 cm³/mol. The molecule has 1 aliphatic rings. The van der Waals surface area contributed by atoms with Crippen LogP contribution in [-0.2, 0) is 0 Å². The highest BCUT2D eigenvalue weighted by Crippen LogP contribution is 2.43. The standard InChI is InChI=1S/C8H14F2N2O/c1-5(2)8(7(9)10)3-6(11)12(13)4-8/h5,7,11,13H,3-4H2,1-2H3. The number of hydrogen-bond donors (Lipinski definition) is 2. The van der Waals surface area contributed by atoms with Crippen LogP contribution < -0.4 is 0 Å². The lowest BCUT2D eigenvalue weighted by Crippen LogP contribution is -2.37. The van der Waals surface area contributed by atoms with Gasteiger partial charge in [0.15, 0.2) is 0 Å². The van der Waals surface area contributed by atoms with E-state index in [1.165, 1.54) is 0 Å². The maximum atomic E-state index is 12.8. The van der Waals surface area contributed by atoms with Gasteiger partial charge in [-0.3, -0.25) is 10.6 Å². The molecule has 1 aliphatic heterocycles. The minimum Gasteiger partial charge on any atom is -0.287 e. The van der Waals surface area contributed by atoms with Gasteiger partial charge in [0.2, 0.25) is 6.43 Å². The molecular formula is C8H14F2N2O. The Balaban J connectivity index is 2.89. The first-order valence-corrected chi connectivity index (χ1v) is 4.22. The molecule has 76 valence electrons. The smallest absolute Gasteiger partial charge is 0.246 e. The van der Waals surface area contributed by atoms with Gasteiger partial charge in [0, 0.05) is 6.42 Å². The molecule has 0 spiro atoms. The summed E-state index contributed by atoms with van der Waals surface area (Å²) in [6, 6.07) is 0. The second-order valence-electron chi connectivity index (χ2n) is 3.87. The van der Waals surface area contributed by atoms with Gasteiger partial charge in [-0.05, 0) is 5.92 Å². The summed E-state index contributed by atoms with van der Waals surface area (Å²) in [5.74, 6) is -0.362. The Morgan fingerprint density at radius 3 is 2.23 bits per heavy atom. The quantitative estimate of drug-likeness (QED) is 0.702.